The summed E-state index contributed by atoms with van der Waals surface area (Å²) in [5, 5.41) is 4.74. The van der Waals surface area contributed by atoms with Gasteiger partial charge in [0.1, 0.15) is 0 Å². The Morgan fingerprint density at radius 1 is 0.851 bits per heavy atom. The molecule has 0 spiro atoms. The molecule has 0 radical (unpaired) electrons. The Bertz CT molecular complexity index is 1420. The third-order valence-corrected chi connectivity index (χ3v) is 18.6. The van der Waals surface area contributed by atoms with Gasteiger partial charge < -0.3 is 4.74 Å². The average molecular weight is 747 g/mol. The van der Waals surface area contributed by atoms with Crippen LogP contribution in [0.15, 0.2) is 91.0 Å². The number of hydrogen-bond acceptors (Lipinski definition) is 9. The average Bonchev–Trinajstić information content (AvgIpc) is 3.11. The zero-order valence-corrected chi connectivity index (χ0v) is 29.7. The molecule has 3 rings (SSSR count). The van der Waals surface area contributed by atoms with Crippen LogP contribution in [0.3, 0.4) is 0 Å². The molecule has 2 amide bonds. The van der Waals surface area contributed by atoms with E-state index >= 15 is 0 Å². The van der Waals surface area contributed by atoms with Crippen molar-refractivity contribution >= 4 is 77.3 Å². The molecule has 13 heteroatoms. The number of rotatable bonds is 17. The van der Waals surface area contributed by atoms with Crippen LogP contribution < -0.4 is 32.3 Å². The number of carbonyl (C=O) groups excluding carboxylic acids is 5. The van der Waals surface area contributed by atoms with Gasteiger partial charge in [-0.1, -0.05) is 0 Å². The number of amides is 2. The van der Waals surface area contributed by atoms with Gasteiger partial charge in [-0.25, -0.2) is 0 Å². The molecule has 2 atom stereocenters. The summed E-state index contributed by atoms with van der Waals surface area (Å²) in [6, 6.07) is 28.1. The number of hydrogen-bond donors (Lipinski definition) is 3. The van der Waals surface area contributed by atoms with Gasteiger partial charge in [0.15, 0.2) is 0 Å². The standard InChI is InChI=1S/C34H41BrN3O7PS/c1-3-45-34(43)28(36)19-20-30(39)38-29(33(42)37-23-31(40)44-2)24-47-32(41)21-22-46(35,25-13-7-4-8-14-25,26-15-9-5-10-16-26)27-17-11-6-12-18-27/h4-18,28-29H,3,19-24,36H2,1-2H3,(H,37,42)(H,38,39)/t28-,29-/m0/s1. The molecule has 0 bridgehead atoms. The number of halogens is 1. The molecule has 0 aliphatic rings. The Morgan fingerprint density at radius 3 is 1.83 bits per heavy atom. The van der Waals surface area contributed by atoms with E-state index in [-0.39, 0.29) is 36.7 Å². The van der Waals surface area contributed by atoms with Crippen LogP contribution in [-0.4, -0.2) is 73.1 Å². The second kappa shape index (κ2) is 18.1. The van der Waals surface area contributed by atoms with Crippen LogP contribution in [0.25, 0.3) is 0 Å². The minimum atomic E-state index is -3.35. The van der Waals surface area contributed by atoms with Crippen molar-refractivity contribution in [3.8, 4) is 0 Å². The summed E-state index contributed by atoms with van der Waals surface area (Å²) >= 11 is 5.26. The van der Waals surface area contributed by atoms with Gasteiger partial charge in [0.2, 0.25) is 0 Å². The Labute approximate surface area is 287 Å². The van der Waals surface area contributed by atoms with Gasteiger partial charge >= 0.3 is 266 Å². The van der Waals surface area contributed by atoms with Crippen LogP contribution >= 0.6 is 32.6 Å². The first-order valence-electron chi connectivity index (χ1n) is 15.1. The van der Waals surface area contributed by atoms with Gasteiger partial charge in [0.25, 0.3) is 0 Å². The van der Waals surface area contributed by atoms with Crippen LogP contribution in [0.2, 0.25) is 0 Å². The Kier molecular flexibility index (Phi) is 14.6. The number of nitrogens with two attached hydrogens (primary N) is 1. The molecule has 0 heterocycles. The topological polar surface area (TPSA) is 154 Å². The second-order valence-electron chi connectivity index (χ2n) is 10.7. The van der Waals surface area contributed by atoms with E-state index < -0.39 is 47.7 Å². The Balaban J connectivity index is 1.81. The molecule has 4 N–H and O–H groups in total. The SMILES string of the molecule is CCOC(=O)[C@@H](N)CCC(=O)N[C@@H](CSC(=O)CCP(Br)(c1ccccc1)(c1ccccc1)c1ccccc1)C(=O)NCC(=O)OC. The molecule has 10 nitrogen and oxygen atoms in total. The summed E-state index contributed by atoms with van der Waals surface area (Å²) in [6.45, 7) is 1.41. The summed E-state index contributed by atoms with van der Waals surface area (Å²) in [5.41, 5.74) is 5.81. The van der Waals surface area contributed by atoms with Gasteiger partial charge in [0.05, 0.1) is 6.61 Å². The number of methoxy groups -OCH3 is 1. The molecule has 0 saturated heterocycles. The predicted octanol–water partition coefficient (Wildman–Crippen LogP) is 2.92. The fraction of sp³-hybridized carbons (Fsp3) is 0.324. The summed E-state index contributed by atoms with van der Waals surface area (Å²) in [4.78, 5) is 62.8. The Hall–Kier alpha value is -3.57. The Morgan fingerprint density at radius 2 is 1.36 bits per heavy atom. The number of esters is 2. The number of ether oxygens (including phenoxy) is 2. The number of nitrogens with one attached hydrogen (secondary N) is 2. The van der Waals surface area contributed by atoms with E-state index in [2.05, 4.69) is 67.3 Å². The first-order valence-corrected chi connectivity index (χ1v) is 20.6. The van der Waals surface area contributed by atoms with Crippen molar-refractivity contribution in [1.82, 2.24) is 10.6 Å². The third-order valence-electron chi connectivity index (χ3n) is 7.59. The van der Waals surface area contributed by atoms with Gasteiger partial charge in [-0.2, -0.15) is 0 Å². The number of benzene rings is 3. The predicted molar refractivity (Wildman–Crippen MR) is 192 cm³/mol. The van der Waals surface area contributed by atoms with Crippen molar-refractivity contribution in [2.24, 2.45) is 5.73 Å². The van der Waals surface area contributed by atoms with E-state index in [9.17, 15) is 24.0 Å². The molecular weight excluding hydrogens is 705 g/mol. The number of thioether (sulfide) groups is 1. The normalized spacial score (nSPS) is 13.2. The summed E-state index contributed by atoms with van der Waals surface area (Å²) < 4.78 is 9.47. The maximum absolute atomic E-state index is 13.6. The second-order valence-corrected chi connectivity index (χ2v) is 20.8. The molecule has 0 aliphatic carbocycles. The van der Waals surface area contributed by atoms with Crippen LogP contribution in [-0.2, 0) is 33.4 Å². The maximum atomic E-state index is 13.6. The van der Waals surface area contributed by atoms with Gasteiger partial charge in [-0.05, 0) is 6.92 Å². The molecular formula is C34H41BrN3O7PS. The zero-order chi connectivity index (χ0) is 34.3. The van der Waals surface area contributed by atoms with Gasteiger partial charge in [-0.15, -0.1) is 0 Å². The van der Waals surface area contributed by atoms with Crippen molar-refractivity contribution in [1.29, 1.82) is 0 Å². The van der Waals surface area contributed by atoms with Crippen LogP contribution in [0.1, 0.15) is 26.2 Å². The third kappa shape index (κ3) is 9.96. The van der Waals surface area contributed by atoms with E-state index in [0.717, 1.165) is 27.7 Å². The summed E-state index contributed by atoms with van der Waals surface area (Å²) in [7, 11) is 1.19. The zero-order valence-electron chi connectivity index (χ0n) is 26.4. The quantitative estimate of drug-likeness (QED) is 0.140. The fourth-order valence-corrected chi connectivity index (χ4v) is 13.4. The molecule has 0 aromatic heterocycles. The first-order chi connectivity index (χ1) is 22.5. The van der Waals surface area contributed by atoms with E-state index in [1.54, 1.807) is 6.92 Å². The van der Waals surface area contributed by atoms with Crippen molar-refractivity contribution < 1.29 is 33.4 Å². The van der Waals surface area contributed by atoms with E-state index in [1.165, 1.54) is 7.11 Å². The molecule has 3 aromatic carbocycles. The molecule has 47 heavy (non-hydrogen) atoms. The van der Waals surface area contributed by atoms with Crippen molar-refractivity contribution in [3.05, 3.63) is 91.0 Å². The first kappa shape index (κ1) is 37.9. The molecule has 252 valence electrons. The molecule has 3 aromatic rings. The molecule has 0 saturated carbocycles. The van der Waals surface area contributed by atoms with Crippen LogP contribution in [0.4, 0.5) is 0 Å². The monoisotopic (exact) mass is 745 g/mol. The molecule has 0 unspecified atom stereocenters. The summed E-state index contributed by atoms with van der Waals surface area (Å²) in [6.07, 6.45) is 0.477. The van der Waals surface area contributed by atoms with E-state index in [1.807, 2.05) is 54.6 Å². The van der Waals surface area contributed by atoms with Crippen LogP contribution in [0.5, 0.6) is 0 Å². The van der Waals surface area contributed by atoms with Gasteiger partial charge in [-0.3, -0.25) is 4.79 Å². The number of carbonyl (C=O) groups is 5. The van der Waals surface area contributed by atoms with Gasteiger partial charge in [0, 0.05) is 0 Å². The molecule has 0 aliphatic heterocycles. The van der Waals surface area contributed by atoms with E-state index in [0.29, 0.717) is 6.16 Å². The summed E-state index contributed by atoms with van der Waals surface area (Å²) in [5.74, 6) is -2.57. The minimum absolute atomic E-state index is 0.00404. The van der Waals surface area contributed by atoms with E-state index in [4.69, 9.17) is 10.5 Å². The molecule has 0 fully saturated rings. The van der Waals surface area contributed by atoms with Crippen molar-refractivity contribution in [2.75, 3.05) is 32.2 Å². The van der Waals surface area contributed by atoms with Crippen molar-refractivity contribution in [2.45, 2.75) is 38.3 Å². The fourth-order valence-electron chi connectivity index (χ4n) is 5.06. The van der Waals surface area contributed by atoms with Crippen LogP contribution in [0, 0.1) is 0 Å². The van der Waals surface area contributed by atoms with Crippen molar-refractivity contribution in [3.63, 3.8) is 0 Å².